The van der Waals surface area contributed by atoms with E-state index >= 15 is 0 Å². The molecule has 0 amide bonds. The van der Waals surface area contributed by atoms with Gasteiger partial charge in [0.15, 0.2) is 5.96 Å². The number of ether oxygens (including phenoxy) is 2. The van der Waals surface area contributed by atoms with Gasteiger partial charge in [-0.25, -0.2) is 4.39 Å². The van der Waals surface area contributed by atoms with Gasteiger partial charge in [-0.05, 0) is 57.5 Å². The maximum Gasteiger partial charge on any atom is 0.191 e. The summed E-state index contributed by atoms with van der Waals surface area (Å²) < 4.78 is 23.5. The fraction of sp³-hybridized carbons (Fsp3) is 0.650. The van der Waals surface area contributed by atoms with Crippen molar-refractivity contribution in [2.75, 3.05) is 60.1 Å². The van der Waals surface area contributed by atoms with Crippen molar-refractivity contribution < 1.29 is 13.9 Å². The van der Waals surface area contributed by atoms with E-state index in [4.69, 9.17) is 9.47 Å². The Labute approximate surface area is 186 Å². The summed E-state index contributed by atoms with van der Waals surface area (Å²) >= 11 is 0. The van der Waals surface area contributed by atoms with E-state index in [-0.39, 0.29) is 29.8 Å². The molecule has 0 heterocycles. The van der Waals surface area contributed by atoms with Crippen LogP contribution in [0.3, 0.4) is 0 Å². The molecule has 6 nitrogen and oxygen atoms in total. The molecule has 2 N–H and O–H groups in total. The van der Waals surface area contributed by atoms with Gasteiger partial charge in [-0.15, -0.1) is 24.0 Å². The molecule has 0 aromatic heterocycles. The van der Waals surface area contributed by atoms with E-state index in [0.29, 0.717) is 12.4 Å². The molecule has 0 bridgehead atoms. The first-order valence-corrected chi connectivity index (χ1v) is 9.73. The molecule has 1 rings (SSSR count). The summed E-state index contributed by atoms with van der Waals surface area (Å²) in [6, 6.07) is 6.10. The van der Waals surface area contributed by atoms with Gasteiger partial charge in [0, 0.05) is 46.4 Å². The number of nitrogens with one attached hydrogen (secondary N) is 2. The van der Waals surface area contributed by atoms with Crippen LogP contribution in [0.2, 0.25) is 0 Å². The van der Waals surface area contributed by atoms with Crippen molar-refractivity contribution in [1.29, 1.82) is 0 Å². The molecule has 1 aromatic rings. The van der Waals surface area contributed by atoms with Crippen LogP contribution in [-0.2, 0) is 4.74 Å². The van der Waals surface area contributed by atoms with E-state index in [1.54, 1.807) is 19.2 Å². The normalized spacial score (nSPS) is 11.2. The zero-order valence-corrected chi connectivity index (χ0v) is 19.7. The summed E-state index contributed by atoms with van der Waals surface area (Å²) in [7, 11) is 3.85. The third-order valence-electron chi connectivity index (χ3n) is 3.92. The number of hydrogen-bond acceptors (Lipinski definition) is 4. The number of halogens is 2. The van der Waals surface area contributed by atoms with Gasteiger partial charge < -0.3 is 25.0 Å². The molecule has 8 heteroatoms. The minimum Gasteiger partial charge on any atom is -0.494 e. The number of nitrogens with zero attached hydrogens (tertiary/aromatic N) is 2. The second-order valence-corrected chi connectivity index (χ2v) is 6.35. The Kier molecular flexibility index (Phi) is 17.2. The predicted molar refractivity (Wildman–Crippen MR) is 125 cm³/mol. The molecule has 0 aliphatic carbocycles. The Morgan fingerprint density at radius 2 is 1.82 bits per heavy atom. The maximum atomic E-state index is 12.8. The van der Waals surface area contributed by atoms with Crippen LogP contribution in [0.5, 0.6) is 5.75 Å². The highest BCUT2D eigenvalue weighted by molar-refractivity contribution is 14.0. The van der Waals surface area contributed by atoms with Crippen LogP contribution in [0.25, 0.3) is 0 Å². The van der Waals surface area contributed by atoms with E-state index in [9.17, 15) is 4.39 Å². The molecule has 0 saturated heterocycles. The molecular weight excluding hydrogens is 474 g/mol. The third kappa shape index (κ3) is 14.0. The molecule has 1 aromatic carbocycles. The van der Waals surface area contributed by atoms with E-state index < -0.39 is 0 Å². The van der Waals surface area contributed by atoms with Gasteiger partial charge in [-0.2, -0.15) is 0 Å². The number of benzene rings is 1. The van der Waals surface area contributed by atoms with Crippen LogP contribution in [-0.4, -0.2) is 71.0 Å². The lowest BCUT2D eigenvalue weighted by Crippen LogP contribution is -2.41. The molecular formula is C20H36FIN4O2. The smallest absolute Gasteiger partial charge is 0.191 e. The number of unbranched alkanes of at least 4 members (excludes halogenated alkanes) is 1. The Morgan fingerprint density at radius 1 is 1.07 bits per heavy atom. The molecule has 28 heavy (non-hydrogen) atoms. The SMILES string of the molecule is CCNC(=NCCCCOc1ccc(F)cc1)NCCN(C)CCCOC.I. The number of aliphatic imine (C=N–C) groups is 1. The zero-order chi connectivity index (χ0) is 19.7. The summed E-state index contributed by atoms with van der Waals surface area (Å²) in [6.45, 7) is 7.88. The Hall–Kier alpha value is -1.13. The van der Waals surface area contributed by atoms with E-state index in [1.165, 1.54) is 12.1 Å². The van der Waals surface area contributed by atoms with Crippen molar-refractivity contribution in [3.8, 4) is 5.75 Å². The molecule has 0 aliphatic heterocycles. The molecule has 0 spiro atoms. The molecule has 0 radical (unpaired) electrons. The highest BCUT2D eigenvalue weighted by Crippen LogP contribution is 2.11. The van der Waals surface area contributed by atoms with Crippen LogP contribution >= 0.6 is 24.0 Å². The first-order valence-electron chi connectivity index (χ1n) is 9.73. The third-order valence-corrected chi connectivity index (χ3v) is 3.92. The van der Waals surface area contributed by atoms with Gasteiger partial charge in [0.25, 0.3) is 0 Å². The quantitative estimate of drug-likeness (QED) is 0.174. The minimum absolute atomic E-state index is 0. The lowest BCUT2D eigenvalue weighted by Gasteiger charge is -2.18. The topological polar surface area (TPSA) is 58.1 Å². The zero-order valence-electron chi connectivity index (χ0n) is 17.4. The van der Waals surface area contributed by atoms with E-state index in [2.05, 4.69) is 34.5 Å². The molecule has 0 aliphatic rings. The van der Waals surface area contributed by atoms with Gasteiger partial charge >= 0.3 is 0 Å². The second kappa shape index (κ2) is 17.9. The largest absolute Gasteiger partial charge is 0.494 e. The number of rotatable bonds is 14. The number of methoxy groups -OCH3 is 1. The molecule has 0 saturated carbocycles. The van der Waals surface area contributed by atoms with Gasteiger partial charge in [0.2, 0.25) is 0 Å². The molecule has 0 unspecified atom stereocenters. The first kappa shape index (κ1) is 26.9. The summed E-state index contributed by atoms with van der Waals surface area (Å²) in [5.74, 6) is 1.30. The minimum atomic E-state index is -0.249. The first-order chi connectivity index (χ1) is 13.2. The standard InChI is InChI=1S/C20H35FN4O2.HI/c1-4-22-20(24-13-15-25(2)14-7-16-26-3)23-12-5-6-17-27-19-10-8-18(21)9-11-19;/h8-11H,4-7,12-17H2,1-3H3,(H2,22,23,24);1H. The van der Waals surface area contributed by atoms with Crippen LogP contribution in [0.15, 0.2) is 29.3 Å². The van der Waals surface area contributed by atoms with Crippen LogP contribution in [0.4, 0.5) is 4.39 Å². The van der Waals surface area contributed by atoms with Crippen LogP contribution in [0, 0.1) is 5.82 Å². The average Bonchev–Trinajstić information content (AvgIpc) is 2.66. The molecule has 162 valence electrons. The molecule has 0 fully saturated rings. The summed E-state index contributed by atoms with van der Waals surface area (Å²) in [5.41, 5.74) is 0. The average molecular weight is 510 g/mol. The number of guanidine groups is 1. The van der Waals surface area contributed by atoms with Gasteiger partial charge in [-0.1, -0.05) is 0 Å². The van der Waals surface area contributed by atoms with Crippen LogP contribution in [0.1, 0.15) is 26.2 Å². The second-order valence-electron chi connectivity index (χ2n) is 6.35. The highest BCUT2D eigenvalue weighted by atomic mass is 127. The van der Waals surface area contributed by atoms with Crippen molar-refractivity contribution >= 4 is 29.9 Å². The van der Waals surface area contributed by atoms with Crippen molar-refractivity contribution in [1.82, 2.24) is 15.5 Å². The summed E-state index contributed by atoms with van der Waals surface area (Å²) in [6.07, 6.45) is 2.89. The predicted octanol–water partition coefficient (Wildman–Crippen LogP) is 3.13. The number of hydrogen-bond donors (Lipinski definition) is 2. The fourth-order valence-electron chi connectivity index (χ4n) is 2.42. The Morgan fingerprint density at radius 3 is 2.50 bits per heavy atom. The van der Waals surface area contributed by atoms with Crippen molar-refractivity contribution in [3.05, 3.63) is 30.1 Å². The van der Waals surface area contributed by atoms with Gasteiger partial charge in [-0.3, -0.25) is 4.99 Å². The Balaban J connectivity index is 0.00000729. The highest BCUT2D eigenvalue weighted by Gasteiger charge is 2.00. The van der Waals surface area contributed by atoms with Crippen molar-refractivity contribution in [3.63, 3.8) is 0 Å². The maximum absolute atomic E-state index is 12.8. The van der Waals surface area contributed by atoms with Gasteiger partial charge in [0.1, 0.15) is 11.6 Å². The van der Waals surface area contributed by atoms with E-state index in [0.717, 1.165) is 64.6 Å². The van der Waals surface area contributed by atoms with E-state index in [1.807, 2.05) is 0 Å². The van der Waals surface area contributed by atoms with Crippen LogP contribution < -0.4 is 15.4 Å². The monoisotopic (exact) mass is 510 g/mol. The van der Waals surface area contributed by atoms with Crippen molar-refractivity contribution in [2.24, 2.45) is 4.99 Å². The van der Waals surface area contributed by atoms with Crippen molar-refractivity contribution in [2.45, 2.75) is 26.2 Å². The summed E-state index contributed by atoms with van der Waals surface area (Å²) in [4.78, 5) is 6.87. The Bertz CT molecular complexity index is 517. The lowest BCUT2D eigenvalue weighted by molar-refractivity contribution is 0.180. The summed E-state index contributed by atoms with van der Waals surface area (Å²) in [5, 5.41) is 6.63. The molecule has 0 atom stereocenters. The lowest BCUT2D eigenvalue weighted by atomic mass is 10.3. The van der Waals surface area contributed by atoms with Gasteiger partial charge in [0.05, 0.1) is 6.61 Å². The fourth-order valence-corrected chi connectivity index (χ4v) is 2.42. The number of likely N-dealkylation sites (N-methyl/N-ethyl adjacent to an activating group) is 1.